The first-order valence-corrected chi connectivity index (χ1v) is 9.51. The Kier molecular flexibility index (Phi) is 7.16. The number of hydrogen-bond acceptors (Lipinski definition) is 4. The van der Waals surface area contributed by atoms with Crippen LogP contribution in [-0.4, -0.2) is 41.5 Å². The molecule has 1 atom stereocenters. The van der Waals surface area contributed by atoms with Gasteiger partial charge in [0.1, 0.15) is 11.6 Å². The lowest BCUT2D eigenvalue weighted by molar-refractivity contribution is -0.135. The van der Waals surface area contributed by atoms with Crippen LogP contribution in [0.5, 0.6) is 5.75 Å². The molecule has 27 heavy (non-hydrogen) atoms. The van der Waals surface area contributed by atoms with E-state index in [0.717, 1.165) is 38.0 Å². The summed E-state index contributed by atoms with van der Waals surface area (Å²) in [6.45, 7) is 2.70. The second-order valence-corrected chi connectivity index (χ2v) is 6.73. The Labute approximate surface area is 159 Å². The third-order valence-electron chi connectivity index (χ3n) is 4.76. The third kappa shape index (κ3) is 6.03. The van der Waals surface area contributed by atoms with E-state index in [1.54, 1.807) is 18.3 Å². The van der Waals surface area contributed by atoms with Gasteiger partial charge in [-0.05, 0) is 68.8 Å². The highest BCUT2D eigenvalue weighted by atomic mass is 19.1. The Hall–Kier alpha value is -2.47. The monoisotopic (exact) mass is 371 g/mol. The summed E-state index contributed by atoms with van der Waals surface area (Å²) < 4.78 is 18.6. The number of rotatable bonds is 7. The van der Waals surface area contributed by atoms with Crippen LogP contribution in [0.3, 0.4) is 0 Å². The van der Waals surface area contributed by atoms with E-state index >= 15 is 0 Å². The van der Waals surface area contributed by atoms with E-state index in [0.29, 0.717) is 12.3 Å². The largest absolute Gasteiger partial charge is 0.493 e. The van der Waals surface area contributed by atoms with Crippen molar-refractivity contribution in [2.75, 3.05) is 19.7 Å². The first-order valence-electron chi connectivity index (χ1n) is 9.51. The summed E-state index contributed by atoms with van der Waals surface area (Å²) in [5, 5.41) is 3.40. The van der Waals surface area contributed by atoms with Gasteiger partial charge in [-0.15, -0.1) is 0 Å². The number of nitrogens with one attached hydrogen (secondary N) is 1. The number of aromatic nitrogens is 1. The van der Waals surface area contributed by atoms with Crippen molar-refractivity contribution in [3.05, 3.63) is 60.2 Å². The maximum absolute atomic E-state index is 13.0. The van der Waals surface area contributed by atoms with Crippen LogP contribution < -0.4 is 10.1 Å². The quantitative estimate of drug-likeness (QED) is 0.812. The van der Waals surface area contributed by atoms with E-state index in [1.165, 1.54) is 12.1 Å². The van der Waals surface area contributed by atoms with Gasteiger partial charge in [-0.2, -0.15) is 0 Å². The standard InChI is InChI=1S/C21H26FN3O2/c22-17-6-8-20(9-7-17)27-15-11-21(26)25(16-18-4-1-2-13-24-18)19-5-3-12-23-14-10-19/h1-2,4,6-9,13,19,23H,3,5,10-12,14-16H2. The van der Waals surface area contributed by atoms with Gasteiger partial charge in [0, 0.05) is 12.2 Å². The lowest BCUT2D eigenvalue weighted by Crippen LogP contribution is -2.41. The summed E-state index contributed by atoms with van der Waals surface area (Å²) in [7, 11) is 0. The first-order chi connectivity index (χ1) is 13.2. The van der Waals surface area contributed by atoms with Crippen LogP contribution in [0.2, 0.25) is 0 Å². The number of halogens is 1. The van der Waals surface area contributed by atoms with Crippen molar-refractivity contribution >= 4 is 5.91 Å². The molecule has 5 nitrogen and oxygen atoms in total. The minimum absolute atomic E-state index is 0.0645. The van der Waals surface area contributed by atoms with E-state index < -0.39 is 0 Å². The van der Waals surface area contributed by atoms with E-state index in [2.05, 4.69) is 10.3 Å². The zero-order valence-corrected chi connectivity index (χ0v) is 15.4. The molecule has 144 valence electrons. The van der Waals surface area contributed by atoms with Gasteiger partial charge in [0.25, 0.3) is 0 Å². The van der Waals surface area contributed by atoms with E-state index in [9.17, 15) is 9.18 Å². The molecule has 1 aliphatic rings. The second kappa shape index (κ2) is 10.0. The van der Waals surface area contributed by atoms with Crippen molar-refractivity contribution < 1.29 is 13.9 Å². The van der Waals surface area contributed by atoms with Gasteiger partial charge < -0.3 is 15.0 Å². The maximum Gasteiger partial charge on any atom is 0.226 e. The van der Waals surface area contributed by atoms with E-state index in [1.807, 2.05) is 23.1 Å². The molecule has 1 aromatic carbocycles. The van der Waals surface area contributed by atoms with Crippen LogP contribution >= 0.6 is 0 Å². The minimum atomic E-state index is -0.304. The third-order valence-corrected chi connectivity index (χ3v) is 4.76. The number of carbonyl (C=O) groups is 1. The van der Waals surface area contributed by atoms with Gasteiger partial charge in [0.2, 0.25) is 5.91 Å². The molecule has 6 heteroatoms. The Balaban J connectivity index is 1.61. The lowest BCUT2D eigenvalue weighted by Gasteiger charge is -2.31. The fourth-order valence-corrected chi connectivity index (χ4v) is 3.33. The molecule has 0 spiro atoms. The summed E-state index contributed by atoms with van der Waals surface area (Å²) >= 11 is 0. The average molecular weight is 371 g/mol. The van der Waals surface area contributed by atoms with Gasteiger partial charge in [-0.3, -0.25) is 9.78 Å². The number of nitrogens with zero attached hydrogens (tertiary/aromatic N) is 2. The topological polar surface area (TPSA) is 54.5 Å². The number of pyridine rings is 1. The number of ether oxygens (including phenoxy) is 1. The Morgan fingerprint density at radius 3 is 2.81 bits per heavy atom. The molecule has 2 heterocycles. The minimum Gasteiger partial charge on any atom is -0.493 e. The van der Waals surface area contributed by atoms with Crippen LogP contribution in [0.25, 0.3) is 0 Å². The van der Waals surface area contributed by atoms with Crippen molar-refractivity contribution in [3.63, 3.8) is 0 Å². The van der Waals surface area contributed by atoms with Crippen molar-refractivity contribution in [2.24, 2.45) is 0 Å². The molecule has 1 N–H and O–H groups in total. The summed E-state index contributed by atoms with van der Waals surface area (Å²) in [5.74, 6) is 0.329. The lowest BCUT2D eigenvalue weighted by atomic mass is 10.1. The van der Waals surface area contributed by atoms with E-state index in [-0.39, 0.29) is 30.8 Å². The average Bonchev–Trinajstić information content (AvgIpc) is 2.98. The molecule has 2 aromatic rings. The van der Waals surface area contributed by atoms with Crippen molar-refractivity contribution in [1.29, 1.82) is 0 Å². The summed E-state index contributed by atoms with van der Waals surface area (Å²) in [6, 6.07) is 11.8. The van der Waals surface area contributed by atoms with Crippen LogP contribution in [0.4, 0.5) is 4.39 Å². The first kappa shape index (κ1) is 19.3. The Morgan fingerprint density at radius 1 is 1.19 bits per heavy atom. The van der Waals surface area contributed by atoms with Crippen LogP contribution in [0, 0.1) is 5.82 Å². The van der Waals surface area contributed by atoms with Gasteiger partial charge in [-0.1, -0.05) is 6.07 Å². The van der Waals surface area contributed by atoms with Crippen molar-refractivity contribution in [3.8, 4) is 5.75 Å². The van der Waals surface area contributed by atoms with Gasteiger partial charge >= 0.3 is 0 Å². The fourth-order valence-electron chi connectivity index (χ4n) is 3.33. The normalized spacial score (nSPS) is 17.1. The predicted octanol–water partition coefficient (Wildman–Crippen LogP) is 3.16. The van der Waals surface area contributed by atoms with Crippen molar-refractivity contribution in [2.45, 2.75) is 38.3 Å². The molecule has 1 aliphatic heterocycles. The van der Waals surface area contributed by atoms with Crippen molar-refractivity contribution in [1.82, 2.24) is 15.2 Å². The Bertz CT molecular complexity index is 701. The molecule has 1 unspecified atom stereocenters. The molecular weight excluding hydrogens is 345 g/mol. The number of hydrogen-bond donors (Lipinski definition) is 1. The molecule has 0 radical (unpaired) electrons. The SMILES string of the molecule is O=C(CCOc1ccc(F)cc1)N(Cc1ccccn1)C1CCCNCC1. The Morgan fingerprint density at radius 2 is 2.04 bits per heavy atom. The van der Waals surface area contributed by atoms with Gasteiger partial charge in [-0.25, -0.2) is 4.39 Å². The molecule has 1 fully saturated rings. The highest BCUT2D eigenvalue weighted by molar-refractivity contribution is 5.76. The molecule has 1 amide bonds. The summed E-state index contributed by atoms with van der Waals surface area (Å²) in [5.41, 5.74) is 0.891. The highest BCUT2D eigenvalue weighted by Gasteiger charge is 2.25. The highest BCUT2D eigenvalue weighted by Crippen LogP contribution is 2.18. The predicted molar refractivity (Wildman–Crippen MR) is 102 cm³/mol. The zero-order chi connectivity index (χ0) is 18.9. The maximum atomic E-state index is 13.0. The van der Waals surface area contributed by atoms with Gasteiger partial charge in [0.15, 0.2) is 0 Å². The fraction of sp³-hybridized carbons (Fsp3) is 0.429. The molecule has 0 bridgehead atoms. The van der Waals surface area contributed by atoms with Crippen LogP contribution in [-0.2, 0) is 11.3 Å². The van der Waals surface area contributed by atoms with Gasteiger partial charge in [0.05, 0.1) is 25.3 Å². The molecular formula is C21H26FN3O2. The summed E-state index contributed by atoms with van der Waals surface area (Å²) in [4.78, 5) is 19.3. The van der Waals surface area contributed by atoms with E-state index in [4.69, 9.17) is 4.74 Å². The number of amides is 1. The smallest absolute Gasteiger partial charge is 0.226 e. The van der Waals surface area contributed by atoms with Crippen LogP contribution in [0.1, 0.15) is 31.4 Å². The second-order valence-electron chi connectivity index (χ2n) is 6.73. The molecule has 1 saturated heterocycles. The number of carbonyl (C=O) groups excluding carboxylic acids is 1. The van der Waals surface area contributed by atoms with Crippen LogP contribution in [0.15, 0.2) is 48.7 Å². The summed E-state index contributed by atoms with van der Waals surface area (Å²) in [6.07, 6.45) is 5.03. The zero-order valence-electron chi connectivity index (χ0n) is 15.4. The molecule has 3 rings (SSSR count). The molecule has 1 aromatic heterocycles. The molecule has 0 saturated carbocycles. The number of benzene rings is 1. The molecule has 0 aliphatic carbocycles.